The van der Waals surface area contributed by atoms with Crippen LogP contribution in [0.1, 0.15) is 40.3 Å². The summed E-state index contributed by atoms with van der Waals surface area (Å²) >= 11 is 1.55. The maximum Gasteiger partial charge on any atom is 0.257 e. The van der Waals surface area contributed by atoms with Crippen molar-refractivity contribution in [2.75, 3.05) is 5.32 Å². The number of nitrogens with zero attached hydrogens (tertiary/aromatic N) is 1. The minimum atomic E-state index is -0.135. The van der Waals surface area contributed by atoms with Gasteiger partial charge in [-0.15, -0.1) is 11.3 Å². The van der Waals surface area contributed by atoms with Gasteiger partial charge in [-0.3, -0.25) is 10.1 Å². The molecule has 1 aromatic carbocycles. The molecule has 0 bridgehead atoms. The van der Waals surface area contributed by atoms with Gasteiger partial charge in [0.2, 0.25) is 0 Å². The lowest BCUT2D eigenvalue weighted by Gasteiger charge is -2.02. The third-order valence-electron chi connectivity index (χ3n) is 2.84. The quantitative estimate of drug-likeness (QED) is 0.922. The summed E-state index contributed by atoms with van der Waals surface area (Å²) in [6, 6.07) is 7.24. The van der Waals surface area contributed by atoms with Gasteiger partial charge < -0.3 is 0 Å². The van der Waals surface area contributed by atoms with Gasteiger partial charge in [0.1, 0.15) is 0 Å². The van der Waals surface area contributed by atoms with Crippen molar-refractivity contribution in [3.05, 3.63) is 52.9 Å². The van der Waals surface area contributed by atoms with Crippen molar-refractivity contribution in [3.8, 4) is 0 Å². The van der Waals surface area contributed by atoms with E-state index >= 15 is 0 Å². The predicted molar refractivity (Wildman–Crippen MR) is 79.7 cm³/mol. The zero-order valence-corrected chi connectivity index (χ0v) is 12.0. The fourth-order valence-electron chi connectivity index (χ4n) is 1.87. The lowest BCUT2D eigenvalue weighted by Crippen LogP contribution is -2.11. The van der Waals surface area contributed by atoms with Crippen LogP contribution in [0.5, 0.6) is 0 Å². The summed E-state index contributed by atoms with van der Waals surface area (Å²) in [7, 11) is 0. The van der Waals surface area contributed by atoms with Crippen LogP contribution in [0.3, 0.4) is 0 Å². The van der Waals surface area contributed by atoms with Crippen LogP contribution in [0.2, 0.25) is 0 Å². The number of thiazole rings is 1. The molecule has 0 unspecified atom stereocenters. The molecule has 2 rings (SSSR count). The van der Waals surface area contributed by atoms with E-state index in [-0.39, 0.29) is 5.91 Å². The van der Waals surface area contributed by atoms with Gasteiger partial charge in [-0.25, -0.2) is 4.98 Å². The maximum absolute atomic E-state index is 12.1. The van der Waals surface area contributed by atoms with Crippen LogP contribution in [0.15, 0.2) is 24.3 Å². The van der Waals surface area contributed by atoms with Crippen LogP contribution in [-0.4, -0.2) is 10.9 Å². The zero-order valence-electron chi connectivity index (χ0n) is 11.2. The van der Waals surface area contributed by atoms with E-state index in [0.717, 1.165) is 24.1 Å². The van der Waals surface area contributed by atoms with Gasteiger partial charge in [0, 0.05) is 10.4 Å². The Labute approximate surface area is 117 Å². The molecule has 4 heteroatoms. The molecule has 19 heavy (non-hydrogen) atoms. The van der Waals surface area contributed by atoms with Crippen molar-refractivity contribution in [1.82, 2.24) is 4.98 Å². The first-order chi connectivity index (χ1) is 9.13. The number of aryl methyl sites for hydroxylation is 2. The highest BCUT2D eigenvalue weighted by atomic mass is 32.1. The predicted octanol–water partition coefficient (Wildman–Crippen LogP) is 3.70. The second kappa shape index (κ2) is 5.97. The maximum atomic E-state index is 12.1. The Kier molecular flexibility index (Phi) is 4.32. The molecule has 1 radical (unpaired) electrons. The number of nitrogens with one attached hydrogen (secondary N) is 1. The average Bonchev–Trinajstić information content (AvgIpc) is 2.80. The first kappa shape index (κ1) is 13.7. The third kappa shape index (κ3) is 3.20. The zero-order chi connectivity index (χ0) is 13.8. The highest BCUT2D eigenvalue weighted by molar-refractivity contribution is 7.15. The third-order valence-corrected chi connectivity index (χ3v) is 4.00. The molecular formula is C15H17N2OS. The van der Waals surface area contributed by atoms with Gasteiger partial charge in [-0.1, -0.05) is 26.0 Å². The number of hydrogen-bond acceptors (Lipinski definition) is 3. The Morgan fingerprint density at radius 1 is 1.37 bits per heavy atom. The Morgan fingerprint density at radius 2 is 2.16 bits per heavy atom. The molecule has 0 atom stereocenters. The normalized spacial score (nSPS) is 10.5. The Morgan fingerprint density at radius 3 is 2.74 bits per heavy atom. The minimum absolute atomic E-state index is 0.135. The summed E-state index contributed by atoms with van der Waals surface area (Å²) in [5, 5.41) is 3.53. The molecule has 99 valence electrons. The molecule has 0 aliphatic rings. The molecule has 1 amide bonds. The molecule has 3 nitrogen and oxygen atoms in total. The standard InChI is InChI=1S/C15H17N2OS/c1-4-12-13(5-2)19-15(16-12)17-14(18)11-8-6-7-10(3)9-11/h6-9H,3-5H2,1-2H3,(H,16,17,18). The van der Waals surface area contributed by atoms with Crippen LogP contribution in [0, 0.1) is 6.92 Å². The van der Waals surface area contributed by atoms with Crippen molar-refractivity contribution in [2.45, 2.75) is 26.7 Å². The molecule has 1 heterocycles. The number of aromatic nitrogens is 1. The smallest absolute Gasteiger partial charge is 0.257 e. The van der Waals surface area contributed by atoms with Gasteiger partial charge in [0.05, 0.1) is 5.69 Å². The van der Waals surface area contributed by atoms with Gasteiger partial charge >= 0.3 is 0 Å². The van der Waals surface area contributed by atoms with Crippen molar-refractivity contribution >= 4 is 22.4 Å². The second-order valence-electron chi connectivity index (χ2n) is 4.25. The summed E-state index contributed by atoms with van der Waals surface area (Å²) in [6.07, 6.45) is 1.84. The fourth-order valence-corrected chi connectivity index (χ4v) is 2.86. The molecule has 0 saturated carbocycles. The topological polar surface area (TPSA) is 42.0 Å². The molecule has 0 aliphatic carbocycles. The molecule has 0 spiro atoms. The number of hydrogen-bond donors (Lipinski definition) is 1. The number of carbonyl (C=O) groups excluding carboxylic acids is 1. The van der Waals surface area contributed by atoms with E-state index in [1.807, 2.05) is 12.1 Å². The molecule has 0 fully saturated rings. The van der Waals surface area contributed by atoms with Gasteiger partial charge in [-0.05, 0) is 37.5 Å². The van der Waals surface area contributed by atoms with E-state index in [1.54, 1.807) is 23.5 Å². The average molecular weight is 273 g/mol. The van der Waals surface area contributed by atoms with E-state index in [2.05, 4.69) is 31.1 Å². The first-order valence-corrected chi connectivity index (χ1v) is 7.17. The lowest BCUT2D eigenvalue weighted by molar-refractivity contribution is 0.102. The number of carbonyl (C=O) groups is 1. The lowest BCUT2D eigenvalue weighted by atomic mass is 10.1. The van der Waals surface area contributed by atoms with Crippen molar-refractivity contribution < 1.29 is 4.79 Å². The Bertz CT molecular complexity index is 568. The highest BCUT2D eigenvalue weighted by Gasteiger charge is 2.12. The molecular weight excluding hydrogens is 256 g/mol. The number of anilines is 1. The summed E-state index contributed by atoms with van der Waals surface area (Å²) in [6.45, 7) is 8.00. The first-order valence-electron chi connectivity index (χ1n) is 6.36. The molecule has 0 saturated heterocycles. The molecule has 1 aromatic heterocycles. The SMILES string of the molecule is [CH2]c1cccc(C(=O)Nc2nc(CC)c(CC)s2)c1. The molecule has 2 aromatic rings. The Balaban J connectivity index is 2.17. The monoisotopic (exact) mass is 273 g/mol. The number of benzene rings is 1. The van der Waals surface area contributed by atoms with E-state index < -0.39 is 0 Å². The van der Waals surface area contributed by atoms with Crippen LogP contribution >= 0.6 is 11.3 Å². The summed E-state index contributed by atoms with van der Waals surface area (Å²) in [4.78, 5) is 17.8. The van der Waals surface area contributed by atoms with E-state index in [9.17, 15) is 4.79 Å². The Hall–Kier alpha value is -1.68. The van der Waals surface area contributed by atoms with Crippen LogP contribution in [-0.2, 0) is 12.8 Å². The minimum Gasteiger partial charge on any atom is -0.298 e. The van der Waals surface area contributed by atoms with Crippen molar-refractivity contribution in [1.29, 1.82) is 0 Å². The van der Waals surface area contributed by atoms with E-state index in [0.29, 0.717) is 10.7 Å². The summed E-state index contributed by atoms with van der Waals surface area (Å²) < 4.78 is 0. The van der Waals surface area contributed by atoms with Crippen molar-refractivity contribution in [3.63, 3.8) is 0 Å². The van der Waals surface area contributed by atoms with Crippen LogP contribution < -0.4 is 5.32 Å². The number of rotatable bonds is 4. The second-order valence-corrected chi connectivity index (χ2v) is 5.33. The van der Waals surface area contributed by atoms with Crippen LogP contribution in [0.4, 0.5) is 5.13 Å². The largest absolute Gasteiger partial charge is 0.298 e. The van der Waals surface area contributed by atoms with E-state index in [1.165, 1.54) is 4.88 Å². The van der Waals surface area contributed by atoms with E-state index in [4.69, 9.17) is 0 Å². The molecule has 1 N–H and O–H groups in total. The van der Waals surface area contributed by atoms with Gasteiger partial charge in [0.25, 0.3) is 5.91 Å². The van der Waals surface area contributed by atoms with Crippen molar-refractivity contribution in [2.24, 2.45) is 0 Å². The summed E-state index contributed by atoms with van der Waals surface area (Å²) in [5.74, 6) is -0.135. The number of amides is 1. The van der Waals surface area contributed by atoms with Gasteiger partial charge in [0.15, 0.2) is 5.13 Å². The highest BCUT2D eigenvalue weighted by Crippen LogP contribution is 2.24. The summed E-state index contributed by atoms with van der Waals surface area (Å²) in [5.41, 5.74) is 2.52. The van der Waals surface area contributed by atoms with Crippen LogP contribution in [0.25, 0.3) is 0 Å². The molecule has 0 aliphatic heterocycles. The fraction of sp³-hybridized carbons (Fsp3) is 0.267. The van der Waals surface area contributed by atoms with Gasteiger partial charge in [-0.2, -0.15) is 0 Å².